The van der Waals surface area contributed by atoms with Gasteiger partial charge in [0, 0.05) is 25.8 Å². The van der Waals surface area contributed by atoms with Crippen molar-refractivity contribution < 1.29 is 14.3 Å². The standard InChI is InChI=1S/C19H21N3O3/c23-19(22-10-12-25-18-16(22)7-4-8-20-18)17-14-21(9-11-24-17)13-15-5-2-1-3-6-15/h1-8,17H,9-14H2. The molecule has 0 aliphatic carbocycles. The first kappa shape index (κ1) is 16.1. The number of amides is 1. The average Bonchev–Trinajstić information content (AvgIpc) is 2.68. The number of carbonyl (C=O) groups excluding carboxylic acids is 1. The fraction of sp³-hybridized carbons (Fsp3) is 0.368. The molecule has 25 heavy (non-hydrogen) atoms. The Kier molecular flexibility index (Phi) is 4.63. The molecule has 2 aliphatic rings. The van der Waals surface area contributed by atoms with E-state index >= 15 is 0 Å². The van der Waals surface area contributed by atoms with Crippen molar-refractivity contribution in [2.45, 2.75) is 12.6 Å². The van der Waals surface area contributed by atoms with Crippen LogP contribution in [0, 0.1) is 0 Å². The fourth-order valence-corrected chi connectivity index (χ4v) is 3.29. The predicted molar refractivity (Wildman–Crippen MR) is 93.5 cm³/mol. The number of pyridine rings is 1. The van der Waals surface area contributed by atoms with Crippen LogP contribution in [0.3, 0.4) is 0 Å². The van der Waals surface area contributed by atoms with Gasteiger partial charge >= 0.3 is 0 Å². The Labute approximate surface area is 147 Å². The number of benzene rings is 1. The number of hydrogen-bond acceptors (Lipinski definition) is 5. The smallest absolute Gasteiger partial charge is 0.257 e. The molecule has 0 saturated carbocycles. The highest BCUT2D eigenvalue weighted by molar-refractivity contribution is 5.98. The molecule has 0 N–H and O–H groups in total. The van der Waals surface area contributed by atoms with Crippen LogP contribution in [0.25, 0.3) is 0 Å². The summed E-state index contributed by atoms with van der Waals surface area (Å²) < 4.78 is 11.3. The van der Waals surface area contributed by atoms with Crippen molar-refractivity contribution >= 4 is 11.6 Å². The van der Waals surface area contributed by atoms with E-state index < -0.39 is 6.10 Å². The van der Waals surface area contributed by atoms with Crippen molar-refractivity contribution in [3.05, 3.63) is 54.2 Å². The third kappa shape index (κ3) is 3.50. The minimum atomic E-state index is -0.455. The first-order valence-corrected chi connectivity index (χ1v) is 8.58. The maximum Gasteiger partial charge on any atom is 0.257 e. The van der Waals surface area contributed by atoms with Gasteiger partial charge in [-0.3, -0.25) is 9.69 Å². The second-order valence-corrected chi connectivity index (χ2v) is 6.25. The summed E-state index contributed by atoms with van der Waals surface area (Å²) in [4.78, 5) is 21.2. The molecule has 1 aromatic carbocycles. The largest absolute Gasteiger partial charge is 0.474 e. The molecule has 1 fully saturated rings. The van der Waals surface area contributed by atoms with E-state index in [4.69, 9.17) is 9.47 Å². The maximum atomic E-state index is 13.0. The molecule has 2 aromatic rings. The van der Waals surface area contributed by atoms with Gasteiger partial charge in [0.05, 0.1) is 13.2 Å². The van der Waals surface area contributed by atoms with Gasteiger partial charge in [0.1, 0.15) is 18.4 Å². The topological polar surface area (TPSA) is 54.9 Å². The molecule has 3 heterocycles. The maximum absolute atomic E-state index is 13.0. The highest BCUT2D eigenvalue weighted by Gasteiger charge is 2.33. The van der Waals surface area contributed by atoms with Gasteiger partial charge in [-0.1, -0.05) is 30.3 Å². The molecule has 1 unspecified atom stereocenters. The van der Waals surface area contributed by atoms with Gasteiger partial charge in [-0.2, -0.15) is 0 Å². The van der Waals surface area contributed by atoms with Crippen LogP contribution in [-0.2, 0) is 16.1 Å². The molecule has 6 heteroatoms. The number of fused-ring (bicyclic) bond motifs is 1. The highest BCUT2D eigenvalue weighted by Crippen LogP contribution is 2.29. The third-order valence-electron chi connectivity index (χ3n) is 4.54. The molecule has 0 bridgehead atoms. The van der Waals surface area contributed by atoms with Gasteiger partial charge in [0.25, 0.3) is 5.91 Å². The molecule has 130 valence electrons. The molecule has 0 spiro atoms. The SMILES string of the molecule is O=C(C1CN(Cc2ccccc2)CCO1)N1CCOc2ncccc21. The van der Waals surface area contributed by atoms with Crippen LogP contribution in [0.1, 0.15) is 5.56 Å². The lowest BCUT2D eigenvalue weighted by Crippen LogP contribution is -2.52. The summed E-state index contributed by atoms with van der Waals surface area (Å²) in [6, 6.07) is 14.0. The number of aromatic nitrogens is 1. The van der Waals surface area contributed by atoms with Crippen molar-refractivity contribution in [1.29, 1.82) is 0 Å². The molecular weight excluding hydrogens is 318 g/mol. The summed E-state index contributed by atoms with van der Waals surface area (Å²) in [5.41, 5.74) is 1.97. The Morgan fingerprint density at radius 2 is 2.00 bits per heavy atom. The second kappa shape index (κ2) is 7.21. The summed E-state index contributed by atoms with van der Waals surface area (Å²) in [6.45, 7) is 3.80. The van der Waals surface area contributed by atoms with Crippen molar-refractivity contribution in [1.82, 2.24) is 9.88 Å². The number of carbonyl (C=O) groups is 1. The third-order valence-corrected chi connectivity index (χ3v) is 4.54. The molecule has 1 amide bonds. The lowest BCUT2D eigenvalue weighted by Gasteiger charge is -2.36. The minimum absolute atomic E-state index is 0.0182. The number of nitrogens with zero attached hydrogens (tertiary/aromatic N) is 3. The predicted octanol–water partition coefficient (Wildman–Crippen LogP) is 1.71. The van der Waals surface area contributed by atoms with Gasteiger partial charge in [0.15, 0.2) is 0 Å². The Bertz CT molecular complexity index is 738. The zero-order valence-electron chi connectivity index (χ0n) is 14.0. The number of hydrogen-bond donors (Lipinski definition) is 0. The van der Waals surface area contributed by atoms with Crippen LogP contribution in [0.5, 0.6) is 5.88 Å². The number of ether oxygens (including phenoxy) is 2. The second-order valence-electron chi connectivity index (χ2n) is 6.25. The van der Waals surface area contributed by atoms with E-state index in [1.54, 1.807) is 11.1 Å². The van der Waals surface area contributed by atoms with Gasteiger partial charge in [0.2, 0.25) is 5.88 Å². The van der Waals surface area contributed by atoms with Crippen molar-refractivity contribution in [3.8, 4) is 5.88 Å². The van der Waals surface area contributed by atoms with Crippen LogP contribution in [0.2, 0.25) is 0 Å². The number of rotatable bonds is 3. The monoisotopic (exact) mass is 339 g/mol. The van der Waals surface area contributed by atoms with Crippen LogP contribution in [-0.4, -0.2) is 54.7 Å². The summed E-state index contributed by atoms with van der Waals surface area (Å²) in [5.74, 6) is 0.495. The lowest BCUT2D eigenvalue weighted by molar-refractivity contribution is -0.136. The zero-order chi connectivity index (χ0) is 17.1. The number of anilines is 1. The Balaban J connectivity index is 1.46. The summed E-state index contributed by atoms with van der Waals surface area (Å²) >= 11 is 0. The minimum Gasteiger partial charge on any atom is -0.474 e. The molecule has 1 atom stereocenters. The zero-order valence-corrected chi connectivity index (χ0v) is 14.0. The normalized spacial score (nSPS) is 20.6. The molecule has 4 rings (SSSR count). The van der Waals surface area contributed by atoms with Gasteiger partial charge in [-0.05, 0) is 17.7 Å². The van der Waals surface area contributed by atoms with Gasteiger partial charge in [-0.15, -0.1) is 0 Å². The molecule has 0 radical (unpaired) electrons. The Morgan fingerprint density at radius 3 is 2.88 bits per heavy atom. The van der Waals surface area contributed by atoms with E-state index in [1.807, 2.05) is 30.3 Å². The van der Waals surface area contributed by atoms with E-state index in [0.717, 1.165) is 18.8 Å². The van der Waals surface area contributed by atoms with Crippen LogP contribution in [0.15, 0.2) is 48.7 Å². The van der Waals surface area contributed by atoms with E-state index in [-0.39, 0.29) is 5.91 Å². The van der Waals surface area contributed by atoms with Crippen molar-refractivity contribution in [3.63, 3.8) is 0 Å². The van der Waals surface area contributed by atoms with Crippen LogP contribution < -0.4 is 9.64 Å². The molecule has 2 aliphatic heterocycles. The van der Waals surface area contributed by atoms with Crippen LogP contribution in [0.4, 0.5) is 5.69 Å². The first-order valence-electron chi connectivity index (χ1n) is 8.58. The lowest BCUT2D eigenvalue weighted by atomic mass is 10.1. The quantitative estimate of drug-likeness (QED) is 0.852. The average molecular weight is 339 g/mol. The van der Waals surface area contributed by atoms with E-state index in [9.17, 15) is 4.79 Å². The Hall–Kier alpha value is -2.44. The Morgan fingerprint density at radius 1 is 1.12 bits per heavy atom. The molecule has 1 aromatic heterocycles. The van der Waals surface area contributed by atoms with Crippen LogP contribution >= 0.6 is 0 Å². The molecule has 6 nitrogen and oxygen atoms in total. The summed E-state index contributed by atoms with van der Waals surface area (Å²) in [7, 11) is 0. The number of morpholine rings is 1. The summed E-state index contributed by atoms with van der Waals surface area (Å²) in [5, 5.41) is 0. The molecule has 1 saturated heterocycles. The first-order chi connectivity index (χ1) is 12.3. The van der Waals surface area contributed by atoms with Crippen molar-refractivity contribution in [2.75, 3.05) is 37.7 Å². The highest BCUT2D eigenvalue weighted by atomic mass is 16.5. The van der Waals surface area contributed by atoms with Gasteiger partial charge in [-0.25, -0.2) is 4.98 Å². The van der Waals surface area contributed by atoms with E-state index in [1.165, 1.54) is 5.56 Å². The van der Waals surface area contributed by atoms with Crippen molar-refractivity contribution in [2.24, 2.45) is 0 Å². The van der Waals surface area contributed by atoms with E-state index in [2.05, 4.69) is 22.0 Å². The van der Waals surface area contributed by atoms with Gasteiger partial charge < -0.3 is 14.4 Å². The fourth-order valence-electron chi connectivity index (χ4n) is 3.29. The summed E-state index contributed by atoms with van der Waals surface area (Å²) in [6.07, 6.45) is 1.22. The molecular formula is C19H21N3O3. The van der Waals surface area contributed by atoms with E-state index in [0.29, 0.717) is 32.2 Å².